The maximum absolute atomic E-state index is 14.1. The molecule has 0 spiro atoms. The first-order valence-corrected chi connectivity index (χ1v) is 13.0. The van der Waals surface area contributed by atoms with Gasteiger partial charge in [0, 0.05) is 22.5 Å². The molecule has 1 aliphatic rings. The molecule has 38 heavy (non-hydrogen) atoms. The van der Waals surface area contributed by atoms with Gasteiger partial charge in [0.2, 0.25) is 0 Å². The molecule has 6 nitrogen and oxygen atoms in total. The number of urea groups is 1. The van der Waals surface area contributed by atoms with Gasteiger partial charge in [-0.25, -0.2) is 9.48 Å². The maximum atomic E-state index is 14.1. The number of anilines is 1. The Morgan fingerprint density at radius 1 is 0.947 bits per heavy atom. The van der Waals surface area contributed by atoms with Gasteiger partial charge in [0.05, 0.1) is 29.7 Å². The van der Waals surface area contributed by atoms with Crippen molar-refractivity contribution in [1.29, 1.82) is 0 Å². The zero-order valence-electron chi connectivity index (χ0n) is 21.5. The second-order valence-electron chi connectivity index (χ2n) is 9.77. The summed E-state index contributed by atoms with van der Waals surface area (Å²) in [6, 6.07) is 27.4. The summed E-state index contributed by atoms with van der Waals surface area (Å²) in [6.07, 6.45) is 2.04. The molecule has 3 heterocycles. The van der Waals surface area contributed by atoms with Gasteiger partial charge in [0.15, 0.2) is 0 Å². The number of para-hydroxylation sites is 1. The van der Waals surface area contributed by atoms with Gasteiger partial charge < -0.3 is 14.8 Å². The van der Waals surface area contributed by atoms with Crippen LogP contribution < -0.4 is 5.32 Å². The van der Waals surface area contributed by atoms with Crippen LogP contribution >= 0.6 is 11.6 Å². The number of halogens is 1. The molecule has 1 aliphatic heterocycles. The Bertz CT molecular complexity index is 1650. The number of aromatic nitrogens is 3. The lowest BCUT2D eigenvalue weighted by Gasteiger charge is -2.31. The Morgan fingerprint density at radius 3 is 2.55 bits per heavy atom. The van der Waals surface area contributed by atoms with Crippen molar-refractivity contribution < 1.29 is 4.79 Å². The summed E-state index contributed by atoms with van der Waals surface area (Å²) in [6.45, 7) is 6.41. The van der Waals surface area contributed by atoms with E-state index >= 15 is 0 Å². The maximum Gasteiger partial charge on any atom is 0.322 e. The van der Waals surface area contributed by atoms with Crippen LogP contribution in [0, 0.1) is 20.8 Å². The highest BCUT2D eigenvalue weighted by Gasteiger charge is 2.36. The van der Waals surface area contributed by atoms with Crippen molar-refractivity contribution in [2.75, 3.05) is 5.32 Å². The summed E-state index contributed by atoms with van der Waals surface area (Å²) in [7, 11) is 0. The second-order valence-corrected chi connectivity index (χ2v) is 10.2. The highest BCUT2D eigenvalue weighted by molar-refractivity contribution is 6.30. The molecule has 0 fully saturated rings. The van der Waals surface area contributed by atoms with Crippen molar-refractivity contribution in [3.8, 4) is 11.5 Å². The molecule has 0 saturated carbocycles. The standard InChI is InChI=1S/C31H28ClN5O/c1-20-14-15-21(2)27(17-20)33-31(38)36-19-26-22(3)34-37(25-11-5-4-6-12-25)30(26)35-16-8-13-28(35)29(36)23-9-7-10-24(32)18-23/h4-18,29H,19H2,1-3H3,(H,33,38)/t29-/m0/s1. The summed E-state index contributed by atoms with van der Waals surface area (Å²) in [5, 5.41) is 8.74. The van der Waals surface area contributed by atoms with Crippen molar-refractivity contribution in [3.05, 3.63) is 130 Å². The Kier molecular flexibility index (Phi) is 6.04. The average Bonchev–Trinajstić information content (AvgIpc) is 3.47. The molecule has 2 aromatic heterocycles. The largest absolute Gasteiger partial charge is 0.322 e. The number of aryl methyl sites for hydroxylation is 3. The molecule has 190 valence electrons. The first kappa shape index (κ1) is 24.1. The minimum absolute atomic E-state index is 0.184. The van der Waals surface area contributed by atoms with Crippen LogP contribution in [-0.4, -0.2) is 25.3 Å². The Balaban J connectivity index is 1.54. The molecule has 0 bridgehead atoms. The SMILES string of the molecule is Cc1ccc(C)c(NC(=O)N2Cc3c(C)nn(-c4ccccc4)c3-n3cccc3[C@@H]2c2cccc(Cl)c2)c1. The fourth-order valence-corrected chi connectivity index (χ4v) is 5.43. The van der Waals surface area contributed by atoms with Gasteiger partial charge in [-0.3, -0.25) is 0 Å². The van der Waals surface area contributed by atoms with Crippen LogP contribution in [0.3, 0.4) is 0 Å². The van der Waals surface area contributed by atoms with Crippen molar-refractivity contribution in [2.45, 2.75) is 33.4 Å². The number of rotatable bonds is 3. The van der Waals surface area contributed by atoms with Crippen molar-refractivity contribution >= 4 is 23.3 Å². The molecule has 1 atom stereocenters. The fraction of sp³-hybridized carbons (Fsp3) is 0.161. The van der Waals surface area contributed by atoms with Crippen molar-refractivity contribution in [2.24, 2.45) is 0 Å². The van der Waals surface area contributed by atoms with Crippen LogP contribution in [0.5, 0.6) is 0 Å². The summed E-state index contributed by atoms with van der Waals surface area (Å²) >= 11 is 6.46. The predicted molar refractivity (Wildman–Crippen MR) is 151 cm³/mol. The molecule has 0 unspecified atom stereocenters. The highest BCUT2D eigenvalue weighted by Crippen LogP contribution is 2.39. The van der Waals surface area contributed by atoms with E-state index in [4.69, 9.17) is 16.7 Å². The summed E-state index contributed by atoms with van der Waals surface area (Å²) in [5.41, 5.74) is 7.63. The predicted octanol–water partition coefficient (Wildman–Crippen LogP) is 7.38. The third kappa shape index (κ3) is 4.17. The van der Waals surface area contributed by atoms with Crippen LogP contribution in [0.25, 0.3) is 11.5 Å². The molecule has 5 aromatic rings. The fourth-order valence-electron chi connectivity index (χ4n) is 5.23. The van der Waals surface area contributed by atoms with Gasteiger partial charge >= 0.3 is 6.03 Å². The number of amides is 2. The van der Waals surface area contributed by atoms with Gasteiger partial charge in [0.1, 0.15) is 5.82 Å². The molecule has 0 radical (unpaired) electrons. The monoisotopic (exact) mass is 521 g/mol. The quantitative estimate of drug-likeness (QED) is 0.269. The lowest BCUT2D eigenvalue weighted by atomic mass is 10.0. The van der Waals surface area contributed by atoms with E-state index in [-0.39, 0.29) is 12.1 Å². The van der Waals surface area contributed by atoms with Crippen LogP contribution in [-0.2, 0) is 6.54 Å². The Labute approximate surface area is 227 Å². The van der Waals surface area contributed by atoms with E-state index in [2.05, 4.69) is 16.0 Å². The van der Waals surface area contributed by atoms with E-state index in [1.54, 1.807) is 0 Å². The normalized spacial score (nSPS) is 14.5. The first-order valence-electron chi connectivity index (χ1n) is 12.6. The molecule has 3 aromatic carbocycles. The molecule has 6 rings (SSSR count). The number of hydrogen-bond donors (Lipinski definition) is 1. The lowest BCUT2D eigenvalue weighted by Crippen LogP contribution is -2.38. The summed E-state index contributed by atoms with van der Waals surface area (Å²) in [4.78, 5) is 16.0. The van der Waals surface area contributed by atoms with E-state index in [1.165, 1.54) is 0 Å². The summed E-state index contributed by atoms with van der Waals surface area (Å²) < 4.78 is 4.12. The topological polar surface area (TPSA) is 55.1 Å². The second kappa shape index (κ2) is 9.54. The molecule has 0 saturated heterocycles. The third-order valence-electron chi connectivity index (χ3n) is 7.15. The number of nitrogens with one attached hydrogen (secondary N) is 1. The van der Waals surface area contributed by atoms with Gasteiger partial charge in [-0.2, -0.15) is 5.10 Å². The lowest BCUT2D eigenvalue weighted by molar-refractivity contribution is 0.194. The Hall–Kier alpha value is -4.29. The molecular weight excluding hydrogens is 494 g/mol. The van der Waals surface area contributed by atoms with Crippen LogP contribution in [0.4, 0.5) is 10.5 Å². The molecule has 2 amide bonds. The molecule has 1 N–H and O–H groups in total. The van der Waals surface area contributed by atoms with E-state index < -0.39 is 0 Å². The van der Waals surface area contributed by atoms with Gasteiger partial charge in [-0.05, 0) is 79.9 Å². The highest BCUT2D eigenvalue weighted by atomic mass is 35.5. The number of hydrogen-bond acceptors (Lipinski definition) is 2. The molecular formula is C31H28ClN5O. The summed E-state index contributed by atoms with van der Waals surface area (Å²) in [5.74, 6) is 0.933. The zero-order valence-corrected chi connectivity index (χ0v) is 22.3. The van der Waals surface area contributed by atoms with E-state index in [0.717, 1.165) is 50.8 Å². The number of carbonyl (C=O) groups is 1. The Morgan fingerprint density at radius 2 is 1.76 bits per heavy atom. The minimum Gasteiger partial charge on any atom is -0.308 e. The number of carbonyl (C=O) groups excluding carboxylic acids is 1. The van der Waals surface area contributed by atoms with Crippen LogP contribution in [0.1, 0.15) is 39.7 Å². The van der Waals surface area contributed by atoms with Gasteiger partial charge in [-0.15, -0.1) is 0 Å². The third-order valence-corrected chi connectivity index (χ3v) is 7.38. The molecule has 0 aliphatic carbocycles. The van der Waals surface area contributed by atoms with E-state index in [1.807, 2.05) is 115 Å². The smallest absolute Gasteiger partial charge is 0.308 e. The van der Waals surface area contributed by atoms with Crippen molar-refractivity contribution in [1.82, 2.24) is 19.2 Å². The number of benzene rings is 3. The number of fused-ring (bicyclic) bond motifs is 3. The van der Waals surface area contributed by atoms with E-state index in [0.29, 0.717) is 11.6 Å². The van der Waals surface area contributed by atoms with Gasteiger partial charge in [0.25, 0.3) is 0 Å². The van der Waals surface area contributed by atoms with Crippen LogP contribution in [0.15, 0.2) is 91.1 Å². The van der Waals surface area contributed by atoms with E-state index in [9.17, 15) is 4.79 Å². The van der Waals surface area contributed by atoms with Crippen molar-refractivity contribution in [3.63, 3.8) is 0 Å². The average molecular weight is 522 g/mol. The first-order chi connectivity index (χ1) is 18.4. The van der Waals surface area contributed by atoms with Crippen LogP contribution in [0.2, 0.25) is 5.02 Å². The number of nitrogens with zero attached hydrogens (tertiary/aromatic N) is 4. The zero-order chi connectivity index (χ0) is 26.4. The molecule has 7 heteroatoms. The van der Waals surface area contributed by atoms with Gasteiger partial charge in [-0.1, -0.05) is 54.1 Å². The minimum atomic E-state index is -0.371.